The molecule has 0 aliphatic rings. The number of benzene rings is 1. The van der Waals surface area contributed by atoms with Gasteiger partial charge in [-0.3, -0.25) is 4.79 Å². The quantitative estimate of drug-likeness (QED) is 0.392. The van der Waals surface area contributed by atoms with E-state index in [2.05, 4.69) is 6.92 Å². The minimum absolute atomic E-state index is 0.252. The normalized spacial score (nSPS) is 12.1. The smallest absolute Gasteiger partial charge is 0.148 e. The molecule has 1 aromatic rings. The number of carbonyl (C=O) groups is 1. The lowest BCUT2D eigenvalue weighted by Crippen LogP contribution is -1.95. The highest BCUT2D eigenvalue weighted by atomic mass is 19.1. The molecule has 1 rings (SSSR count). The van der Waals surface area contributed by atoms with Crippen molar-refractivity contribution in [2.75, 3.05) is 0 Å². The molecule has 0 spiro atoms. The van der Waals surface area contributed by atoms with Gasteiger partial charge in [0.05, 0.1) is 0 Å². The van der Waals surface area contributed by atoms with Crippen LogP contribution < -0.4 is 0 Å². The summed E-state index contributed by atoms with van der Waals surface area (Å²) in [6.07, 6.45) is 4.30. The van der Waals surface area contributed by atoms with E-state index in [4.69, 9.17) is 0 Å². The van der Waals surface area contributed by atoms with Crippen LogP contribution in [0.3, 0.4) is 0 Å². The van der Waals surface area contributed by atoms with Crippen molar-refractivity contribution in [3.05, 3.63) is 47.3 Å². The van der Waals surface area contributed by atoms with Crippen LogP contribution in [0.2, 0.25) is 0 Å². The van der Waals surface area contributed by atoms with Gasteiger partial charge in [-0.2, -0.15) is 0 Å². The number of hydrogen-bond donors (Lipinski definition) is 0. The van der Waals surface area contributed by atoms with E-state index in [0.29, 0.717) is 19.1 Å². The molecule has 0 amide bonds. The van der Waals surface area contributed by atoms with Gasteiger partial charge in [0.1, 0.15) is 12.1 Å². The lowest BCUT2D eigenvalue weighted by molar-refractivity contribution is -0.105. The van der Waals surface area contributed by atoms with Crippen LogP contribution >= 0.6 is 0 Å². The third kappa shape index (κ3) is 4.94. The number of allylic oxidation sites excluding steroid dienone is 2. The van der Waals surface area contributed by atoms with Crippen LogP contribution in [0.1, 0.15) is 38.2 Å². The Hall–Kier alpha value is -1.44. The lowest BCUT2D eigenvalue weighted by Gasteiger charge is -2.04. The standard InChI is InChI=1S/C15H19FO/c1-2-3-5-10-15(16)14(12-17)11-13-8-6-4-7-9-13/h4,6-9,12H,2-3,5,10-11H2,1H3/b15-14+. The molecule has 0 saturated carbocycles. The van der Waals surface area contributed by atoms with Crippen molar-refractivity contribution in [1.82, 2.24) is 0 Å². The van der Waals surface area contributed by atoms with Crippen LogP contribution in [0.15, 0.2) is 41.7 Å². The molecule has 1 aromatic carbocycles. The molecule has 0 unspecified atom stereocenters. The van der Waals surface area contributed by atoms with E-state index in [1.807, 2.05) is 30.3 Å². The molecule has 2 heteroatoms. The van der Waals surface area contributed by atoms with E-state index in [9.17, 15) is 9.18 Å². The zero-order valence-corrected chi connectivity index (χ0v) is 10.3. The number of unbranched alkanes of at least 4 members (excludes halogenated alkanes) is 2. The van der Waals surface area contributed by atoms with Gasteiger partial charge in [0.2, 0.25) is 0 Å². The van der Waals surface area contributed by atoms with Crippen molar-refractivity contribution in [3.8, 4) is 0 Å². The maximum absolute atomic E-state index is 13.7. The van der Waals surface area contributed by atoms with Gasteiger partial charge in [0.25, 0.3) is 0 Å². The van der Waals surface area contributed by atoms with Crippen LogP contribution in [0.25, 0.3) is 0 Å². The molecule has 0 bridgehead atoms. The molecule has 0 N–H and O–H groups in total. The minimum Gasteiger partial charge on any atom is -0.298 e. The summed E-state index contributed by atoms with van der Waals surface area (Å²) < 4.78 is 13.7. The van der Waals surface area contributed by atoms with Gasteiger partial charge in [-0.1, -0.05) is 50.1 Å². The molecule has 1 nitrogen and oxygen atoms in total. The summed E-state index contributed by atoms with van der Waals surface area (Å²) in [5.41, 5.74) is 1.26. The first-order chi connectivity index (χ1) is 8.27. The van der Waals surface area contributed by atoms with E-state index in [1.165, 1.54) is 0 Å². The van der Waals surface area contributed by atoms with Gasteiger partial charge in [-0.15, -0.1) is 0 Å². The second kappa shape index (κ2) is 7.77. The van der Waals surface area contributed by atoms with Crippen LogP contribution in [0.5, 0.6) is 0 Å². The summed E-state index contributed by atoms with van der Waals surface area (Å²) in [5, 5.41) is 0. The first-order valence-electron chi connectivity index (χ1n) is 6.14. The number of aldehydes is 1. The molecule has 0 aliphatic carbocycles. The fourth-order valence-corrected chi connectivity index (χ4v) is 1.71. The topological polar surface area (TPSA) is 17.1 Å². The summed E-state index contributed by atoms with van der Waals surface area (Å²) >= 11 is 0. The molecule has 92 valence electrons. The van der Waals surface area contributed by atoms with Gasteiger partial charge < -0.3 is 0 Å². The Balaban J connectivity index is 2.63. The van der Waals surface area contributed by atoms with Crippen molar-refractivity contribution in [2.45, 2.75) is 39.0 Å². The lowest BCUT2D eigenvalue weighted by atomic mass is 10.0. The van der Waals surface area contributed by atoms with Gasteiger partial charge in [-0.05, 0) is 18.4 Å². The van der Waals surface area contributed by atoms with E-state index in [1.54, 1.807) is 0 Å². The van der Waals surface area contributed by atoms with Crippen molar-refractivity contribution >= 4 is 6.29 Å². The Kier molecular flexibility index (Phi) is 6.23. The third-order valence-electron chi connectivity index (χ3n) is 2.73. The summed E-state index contributed by atoms with van der Waals surface area (Å²) in [4.78, 5) is 10.9. The second-order valence-corrected chi connectivity index (χ2v) is 4.17. The van der Waals surface area contributed by atoms with Crippen molar-refractivity contribution in [3.63, 3.8) is 0 Å². The maximum Gasteiger partial charge on any atom is 0.148 e. The van der Waals surface area contributed by atoms with Crippen LogP contribution in [-0.4, -0.2) is 6.29 Å². The summed E-state index contributed by atoms with van der Waals surface area (Å²) in [6.45, 7) is 2.08. The van der Waals surface area contributed by atoms with E-state index < -0.39 is 0 Å². The molecular formula is C15H19FO. The van der Waals surface area contributed by atoms with Gasteiger partial charge in [-0.25, -0.2) is 4.39 Å². The minimum atomic E-state index is -0.252. The Morgan fingerprint density at radius 1 is 1.24 bits per heavy atom. The average Bonchev–Trinajstić information content (AvgIpc) is 2.37. The summed E-state index contributed by atoms with van der Waals surface area (Å²) in [5.74, 6) is -0.252. The maximum atomic E-state index is 13.7. The molecule has 0 aliphatic heterocycles. The predicted octanol–water partition coefficient (Wildman–Crippen LogP) is 4.23. The average molecular weight is 234 g/mol. The largest absolute Gasteiger partial charge is 0.298 e. The van der Waals surface area contributed by atoms with Gasteiger partial charge >= 0.3 is 0 Å². The molecule has 0 heterocycles. The Labute approximate surface area is 102 Å². The number of rotatable bonds is 7. The van der Waals surface area contributed by atoms with Gasteiger partial charge in [0, 0.05) is 12.0 Å². The molecule has 0 saturated heterocycles. The molecule has 17 heavy (non-hydrogen) atoms. The fraction of sp³-hybridized carbons (Fsp3) is 0.400. The summed E-state index contributed by atoms with van der Waals surface area (Å²) in [6, 6.07) is 9.51. The highest BCUT2D eigenvalue weighted by Gasteiger charge is 2.06. The number of carbonyl (C=O) groups excluding carboxylic acids is 1. The SMILES string of the molecule is CCCCC/C(F)=C(\C=O)Cc1ccccc1. The molecule has 0 radical (unpaired) electrons. The fourth-order valence-electron chi connectivity index (χ4n) is 1.71. The van der Waals surface area contributed by atoms with Crippen molar-refractivity contribution in [1.29, 1.82) is 0 Å². The molecule has 0 atom stereocenters. The summed E-state index contributed by atoms with van der Waals surface area (Å²) in [7, 11) is 0. The molecular weight excluding hydrogens is 215 g/mol. The number of hydrogen-bond acceptors (Lipinski definition) is 1. The molecule has 0 fully saturated rings. The van der Waals surface area contributed by atoms with Crippen LogP contribution in [0.4, 0.5) is 4.39 Å². The van der Waals surface area contributed by atoms with Crippen molar-refractivity contribution in [2.24, 2.45) is 0 Å². The van der Waals surface area contributed by atoms with Crippen LogP contribution in [-0.2, 0) is 11.2 Å². The zero-order chi connectivity index (χ0) is 12.5. The Morgan fingerprint density at radius 2 is 1.94 bits per heavy atom. The van der Waals surface area contributed by atoms with Gasteiger partial charge in [0.15, 0.2) is 0 Å². The van der Waals surface area contributed by atoms with E-state index in [-0.39, 0.29) is 11.4 Å². The number of halogens is 1. The Morgan fingerprint density at radius 3 is 2.53 bits per heavy atom. The van der Waals surface area contributed by atoms with Crippen molar-refractivity contribution < 1.29 is 9.18 Å². The highest BCUT2D eigenvalue weighted by molar-refractivity contribution is 5.74. The first kappa shape index (κ1) is 13.6. The monoisotopic (exact) mass is 234 g/mol. The third-order valence-corrected chi connectivity index (χ3v) is 2.73. The second-order valence-electron chi connectivity index (χ2n) is 4.17. The zero-order valence-electron chi connectivity index (χ0n) is 10.3. The van der Waals surface area contributed by atoms with Crippen LogP contribution in [0, 0.1) is 0 Å². The van der Waals surface area contributed by atoms with E-state index >= 15 is 0 Å². The Bertz CT molecular complexity index is 368. The first-order valence-corrected chi connectivity index (χ1v) is 6.14. The molecule has 0 aromatic heterocycles. The van der Waals surface area contributed by atoms with E-state index in [0.717, 1.165) is 24.8 Å². The predicted molar refractivity (Wildman–Crippen MR) is 68.5 cm³/mol. The highest BCUT2D eigenvalue weighted by Crippen LogP contribution is 2.17.